The van der Waals surface area contributed by atoms with Crippen LogP contribution in [0.15, 0.2) is 6.07 Å². The van der Waals surface area contributed by atoms with E-state index in [1.807, 2.05) is 13.8 Å². The van der Waals surface area contributed by atoms with E-state index in [4.69, 9.17) is 5.73 Å². The maximum absolute atomic E-state index is 9.98. The van der Waals surface area contributed by atoms with Crippen molar-refractivity contribution in [2.75, 3.05) is 20.1 Å². The van der Waals surface area contributed by atoms with Crippen LogP contribution in [0.2, 0.25) is 0 Å². The molecule has 0 saturated carbocycles. The molecule has 0 aromatic heterocycles. The average Bonchev–Trinajstić information content (AvgIpc) is 2.72. The highest BCUT2D eigenvalue weighted by molar-refractivity contribution is 5.49. The summed E-state index contributed by atoms with van der Waals surface area (Å²) in [5.74, 6) is 1.03. The molecule has 0 aliphatic carbocycles. The van der Waals surface area contributed by atoms with Gasteiger partial charge in [0.25, 0.3) is 0 Å². The number of aryl methyl sites for hydroxylation is 1. The Morgan fingerprint density at radius 1 is 1.33 bits per heavy atom. The van der Waals surface area contributed by atoms with Crippen LogP contribution in [0.25, 0.3) is 0 Å². The Bertz CT molecular complexity index is 456. The van der Waals surface area contributed by atoms with Gasteiger partial charge in [-0.15, -0.1) is 0 Å². The number of rotatable bonds is 2. The van der Waals surface area contributed by atoms with Crippen LogP contribution < -0.4 is 5.73 Å². The Hall–Kier alpha value is -1.06. The zero-order valence-electron chi connectivity index (χ0n) is 11.8. The molecule has 1 fully saturated rings. The first-order valence-electron chi connectivity index (χ1n) is 6.65. The summed E-state index contributed by atoms with van der Waals surface area (Å²) in [5.41, 5.74) is 10.3. The molecule has 1 saturated heterocycles. The molecule has 1 aromatic carbocycles. The third kappa shape index (κ3) is 2.13. The number of hydrogen-bond acceptors (Lipinski definition) is 3. The van der Waals surface area contributed by atoms with E-state index in [-0.39, 0.29) is 0 Å². The quantitative estimate of drug-likeness (QED) is 0.844. The Labute approximate surface area is 110 Å². The van der Waals surface area contributed by atoms with E-state index >= 15 is 0 Å². The van der Waals surface area contributed by atoms with Crippen molar-refractivity contribution in [1.82, 2.24) is 4.90 Å². The zero-order valence-corrected chi connectivity index (χ0v) is 11.8. The molecular weight excluding hydrogens is 224 g/mol. The maximum Gasteiger partial charge on any atom is 0.121 e. The van der Waals surface area contributed by atoms with E-state index < -0.39 is 0 Å². The van der Waals surface area contributed by atoms with Crippen molar-refractivity contribution < 1.29 is 5.11 Å². The molecule has 1 aliphatic heterocycles. The molecule has 3 nitrogen and oxygen atoms in total. The highest BCUT2D eigenvalue weighted by Gasteiger charge is 2.31. The van der Waals surface area contributed by atoms with E-state index in [1.165, 1.54) is 11.1 Å². The summed E-state index contributed by atoms with van der Waals surface area (Å²) in [6, 6.07) is 2.58. The first kappa shape index (κ1) is 13.4. The fourth-order valence-corrected chi connectivity index (χ4v) is 3.09. The normalized spacial score (nSPS) is 24.7. The Morgan fingerprint density at radius 3 is 2.56 bits per heavy atom. The highest BCUT2D eigenvalue weighted by Crippen LogP contribution is 2.38. The molecule has 0 amide bonds. The van der Waals surface area contributed by atoms with Crippen molar-refractivity contribution in [1.29, 1.82) is 0 Å². The van der Waals surface area contributed by atoms with Crippen molar-refractivity contribution in [3.8, 4) is 5.75 Å². The Kier molecular flexibility index (Phi) is 3.64. The predicted molar refractivity (Wildman–Crippen MR) is 74.9 cm³/mol. The molecule has 0 spiro atoms. The summed E-state index contributed by atoms with van der Waals surface area (Å²) in [6.45, 7) is 7.90. The second-order valence-corrected chi connectivity index (χ2v) is 5.67. The molecule has 0 radical (unpaired) electrons. The van der Waals surface area contributed by atoms with Crippen LogP contribution in [-0.4, -0.2) is 30.1 Å². The number of nitrogens with zero attached hydrogens (tertiary/aromatic N) is 1. The molecular formula is C15H24N2O. The third-order valence-corrected chi connectivity index (χ3v) is 4.42. The molecule has 3 N–H and O–H groups in total. The van der Waals surface area contributed by atoms with E-state index in [0.717, 1.165) is 30.6 Å². The molecule has 1 aliphatic rings. The first-order valence-corrected chi connectivity index (χ1v) is 6.65. The summed E-state index contributed by atoms with van der Waals surface area (Å²) in [5, 5.41) is 9.98. The summed E-state index contributed by atoms with van der Waals surface area (Å²) in [6.07, 6.45) is 1.12. The standard InChI is InChI=1S/C15H24N2O/c1-9-5-13(10(2)11(3)15(9)18)14-6-12(7-16)8-17(14)4/h5,12,14,18H,6-8,16H2,1-4H3. The van der Waals surface area contributed by atoms with Crippen molar-refractivity contribution in [3.63, 3.8) is 0 Å². The molecule has 100 valence electrons. The van der Waals surface area contributed by atoms with Gasteiger partial charge in [0.1, 0.15) is 5.75 Å². The minimum Gasteiger partial charge on any atom is -0.507 e. The van der Waals surface area contributed by atoms with E-state index in [0.29, 0.717) is 17.7 Å². The summed E-state index contributed by atoms with van der Waals surface area (Å²) in [7, 11) is 2.16. The number of nitrogens with two attached hydrogens (primary N) is 1. The van der Waals surface area contributed by atoms with Crippen LogP contribution in [0.3, 0.4) is 0 Å². The Balaban J connectivity index is 2.40. The molecule has 2 unspecified atom stereocenters. The highest BCUT2D eigenvalue weighted by atomic mass is 16.3. The van der Waals surface area contributed by atoms with Gasteiger partial charge in [0.05, 0.1) is 0 Å². The monoisotopic (exact) mass is 248 g/mol. The maximum atomic E-state index is 9.98. The van der Waals surface area contributed by atoms with Gasteiger partial charge >= 0.3 is 0 Å². The smallest absolute Gasteiger partial charge is 0.121 e. The van der Waals surface area contributed by atoms with Crippen LogP contribution in [0.5, 0.6) is 5.75 Å². The molecule has 1 heterocycles. The van der Waals surface area contributed by atoms with Gasteiger partial charge in [-0.25, -0.2) is 0 Å². The largest absolute Gasteiger partial charge is 0.507 e. The number of likely N-dealkylation sites (tertiary alicyclic amines) is 1. The second-order valence-electron chi connectivity index (χ2n) is 5.67. The topological polar surface area (TPSA) is 49.5 Å². The molecule has 1 aromatic rings. The number of aromatic hydroxyl groups is 1. The third-order valence-electron chi connectivity index (χ3n) is 4.42. The molecule has 2 rings (SSSR count). The lowest BCUT2D eigenvalue weighted by atomic mass is 9.91. The van der Waals surface area contributed by atoms with E-state index in [9.17, 15) is 5.11 Å². The van der Waals surface area contributed by atoms with Crippen molar-refractivity contribution in [2.24, 2.45) is 11.7 Å². The van der Waals surface area contributed by atoms with Gasteiger partial charge in [-0.2, -0.15) is 0 Å². The van der Waals surface area contributed by atoms with Gasteiger partial charge < -0.3 is 10.8 Å². The number of benzene rings is 1. The van der Waals surface area contributed by atoms with Crippen molar-refractivity contribution in [2.45, 2.75) is 33.2 Å². The van der Waals surface area contributed by atoms with E-state index in [1.54, 1.807) is 0 Å². The minimum atomic E-state index is 0.437. The summed E-state index contributed by atoms with van der Waals surface area (Å²) < 4.78 is 0. The van der Waals surface area contributed by atoms with Gasteiger partial charge in [-0.05, 0) is 69.0 Å². The number of phenolic OH excluding ortho intramolecular Hbond substituents is 1. The van der Waals surface area contributed by atoms with Crippen molar-refractivity contribution >= 4 is 0 Å². The first-order chi connectivity index (χ1) is 8.45. The molecule has 2 atom stereocenters. The van der Waals surface area contributed by atoms with Crippen LogP contribution in [-0.2, 0) is 0 Å². The summed E-state index contributed by atoms with van der Waals surface area (Å²) >= 11 is 0. The fraction of sp³-hybridized carbons (Fsp3) is 0.600. The van der Waals surface area contributed by atoms with Crippen LogP contribution in [0.4, 0.5) is 0 Å². The van der Waals surface area contributed by atoms with Gasteiger partial charge in [0, 0.05) is 12.6 Å². The van der Waals surface area contributed by atoms with Crippen LogP contribution in [0.1, 0.15) is 34.7 Å². The van der Waals surface area contributed by atoms with E-state index in [2.05, 4.69) is 24.9 Å². The van der Waals surface area contributed by atoms with Gasteiger partial charge in [0.15, 0.2) is 0 Å². The number of phenols is 1. The van der Waals surface area contributed by atoms with Gasteiger partial charge in [0.2, 0.25) is 0 Å². The zero-order chi connectivity index (χ0) is 13.4. The van der Waals surface area contributed by atoms with Crippen LogP contribution in [0, 0.1) is 26.7 Å². The van der Waals surface area contributed by atoms with Gasteiger partial charge in [-0.1, -0.05) is 6.07 Å². The fourth-order valence-electron chi connectivity index (χ4n) is 3.09. The van der Waals surface area contributed by atoms with Crippen molar-refractivity contribution in [3.05, 3.63) is 28.3 Å². The lowest BCUT2D eigenvalue weighted by Crippen LogP contribution is -2.21. The molecule has 3 heteroatoms. The number of hydrogen-bond donors (Lipinski definition) is 2. The van der Waals surface area contributed by atoms with Gasteiger partial charge in [-0.3, -0.25) is 4.90 Å². The molecule has 18 heavy (non-hydrogen) atoms. The van der Waals surface area contributed by atoms with Crippen LogP contribution >= 0.6 is 0 Å². The average molecular weight is 248 g/mol. The SMILES string of the molecule is Cc1cc(C2CC(CN)CN2C)c(C)c(C)c1O. The molecule has 0 bridgehead atoms. The minimum absolute atomic E-state index is 0.437. The lowest BCUT2D eigenvalue weighted by molar-refractivity contribution is 0.312. The predicted octanol–water partition coefficient (Wildman–Crippen LogP) is 2.27. The Morgan fingerprint density at radius 2 is 2.00 bits per heavy atom. The lowest BCUT2D eigenvalue weighted by Gasteiger charge is -2.23. The summed E-state index contributed by atoms with van der Waals surface area (Å²) in [4.78, 5) is 2.38. The second kappa shape index (κ2) is 4.90.